The van der Waals surface area contributed by atoms with Crippen LogP contribution in [0.3, 0.4) is 0 Å². The van der Waals surface area contributed by atoms with Crippen LogP contribution in [-0.4, -0.2) is 26.6 Å². The lowest BCUT2D eigenvalue weighted by atomic mass is 10.0. The standard InChI is InChI=1S/C11H17N3OS/c1-3-8-7-12-14-9(8)13-10(15)11(2)5-4-6-16-11/h7H,3-6H2,1-2H3,(H2,12,13,14,15). The maximum atomic E-state index is 12.1. The number of anilines is 1. The number of aromatic nitrogens is 2. The van der Waals surface area contributed by atoms with Crippen molar-refractivity contribution in [2.24, 2.45) is 0 Å². The quantitative estimate of drug-likeness (QED) is 0.850. The molecular formula is C11H17N3OS. The summed E-state index contributed by atoms with van der Waals surface area (Å²) in [6.07, 6.45) is 4.72. The Morgan fingerprint density at radius 2 is 2.56 bits per heavy atom. The number of aryl methyl sites for hydroxylation is 1. The average molecular weight is 239 g/mol. The molecule has 1 aliphatic rings. The van der Waals surface area contributed by atoms with Gasteiger partial charge in [0.1, 0.15) is 5.82 Å². The molecule has 2 heterocycles. The van der Waals surface area contributed by atoms with Crippen LogP contribution in [0.2, 0.25) is 0 Å². The summed E-state index contributed by atoms with van der Waals surface area (Å²) in [6.45, 7) is 4.06. The van der Waals surface area contributed by atoms with Crippen LogP contribution < -0.4 is 5.32 Å². The van der Waals surface area contributed by atoms with Gasteiger partial charge in [-0.1, -0.05) is 6.92 Å². The molecule has 1 unspecified atom stereocenters. The summed E-state index contributed by atoms with van der Waals surface area (Å²) in [4.78, 5) is 12.1. The molecule has 1 fully saturated rings. The zero-order valence-corrected chi connectivity index (χ0v) is 10.5. The van der Waals surface area contributed by atoms with E-state index in [9.17, 15) is 4.79 Å². The number of carbonyl (C=O) groups excluding carboxylic acids is 1. The van der Waals surface area contributed by atoms with Crippen molar-refractivity contribution in [1.29, 1.82) is 0 Å². The topological polar surface area (TPSA) is 57.8 Å². The molecule has 16 heavy (non-hydrogen) atoms. The van der Waals surface area contributed by atoms with Crippen molar-refractivity contribution in [2.75, 3.05) is 11.1 Å². The van der Waals surface area contributed by atoms with Crippen LogP contribution in [0.25, 0.3) is 0 Å². The number of hydrogen-bond acceptors (Lipinski definition) is 3. The fourth-order valence-electron chi connectivity index (χ4n) is 1.89. The molecule has 1 amide bonds. The first-order valence-electron chi connectivity index (χ1n) is 5.63. The predicted molar refractivity (Wildman–Crippen MR) is 66.7 cm³/mol. The minimum Gasteiger partial charge on any atom is -0.310 e. The molecule has 0 bridgehead atoms. The number of nitrogens with zero attached hydrogens (tertiary/aromatic N) is 1. The highest BCUT2D eigenvalue weighted by Gasteiger charge is 2.37. The molecule has 5 heteroatoms. The second kappa shape index (κ2) is 4.49. The lowest BCUT2D eigenvalue weighted by Crippen LogP contribution is -2.35. The van der Waals surface area contributed by atoms with Gasteiger partial charge in [0.15, 0.2) is 0 Å². The third kappa shape index (κ3) is 2.09. The minimum absolute atomic E-state index is 0.0916. The Bertz CT molecular complexity index is 382. The Morgan fingerprint density at radius 3 is 3.19 bits per heavy atom. The van der Waals surface area contributed by atoms with Crippen LogP contribution >= 0.6 is 11.8 Å². The van der Waals surface area contributed by atoms with Crippen molar-refractivity contribution < 1.29 is 4.79 Å². The second-order valence-electron chi connectivity index (χ2n) is 4.26. The summed E-state index contributed by atoms with van der Waals surface area (Å²) >= 11 is 1.74. The Hall–Kier alpha value is -0.970. The lowest BCUT2D eigenvalue weighted by molar-refractivity contribution is -0.118. The van der Waals surface area contributed by atoms with E-state index in [1.807, 2.05) is 13.8 Å². The molecule has 4 nitrogen and oxygen atoms in total. The summed E-state index contributed by atoms with van der Waals surface area (Å²) in [5, 5.41) is 9.73. The third-order valence-corrected chi connectivity index (χ3v) is 4.56. The highest BCUT2D eigenvalue weighted by molar-refractivity contribution is 8.01. The Balaban J connectivity index is 2.07. The molecule has 0 aromatic carbocycles. The van der Waals surface area contributed by atoms with E-state index in [1.165, 1.54) is 0 Å². The molecule has 1 saturated heterocycles. The van der Waals surface area contributed by atoms with E-state index in [1.54, 1.807) is 18.0 Å². The van der Waals surface area contributed by atoms with Crippen LogP contribution in [0.4, 0.5) is 5.82 Å². The fraction of sp³-hybridized carbons (Fsp3) is 0.636. The van der Waals surface area contributed by atoms with E-state index >= 15 is 0 Å². The van der Waals surface area contributed by atoms with Gasteiger partial charge in [0.25, 0.3) is 0 Å². The number of nitrogens with one attached hydrogen (secondary N) is 2. The van der Waals surface area contributed by atoms with Gasteiger partial charge in [0.05, 0.1) is 10.9 Å². The summed E-state index contributed by atoms with van der Waals surface area (Å²) < 4.78 is -0.268. The molecule has 1 aromatic heterocycles. The molecule has 0 aliphatic carbocycles. The molecule has 1 aromatic rings. The molecule has 2 rings (SSSR count). The van der Waals surface area contributed by atoms with Gasteiger partial charge in [-0.2, -0.15) is 5.10 Å². The summed E-state index contributed by atoms with van der Waals surface area (Å²) in [7, 11) is 0. The van der Waals surface area contributed by atoms with Crippen molar-refractivity contribution in [3.63, 3.8) is 0 Å². The largest absolute Gasteiger partial charge is 0.310 e. The zero-order valence-electron chi connectivity index (χ0n) is 9.67. The van der Waals surface area contributed by atoms with Gasteiger partial charge in [-0.3, -0.25) is 9.89 Å². The molecule has 1 aliphatic heterocycles. The normalized spacial score (nSPS) is 24.6. The monoisotopic (exact) mass is 239 g/mol. The fourth-order valence-corrected chi connectivity index (χ4v) is 3.10. The number of carbonyl (C=O) groups is 1. The Kier molecular flexibility index (Phi) is 3.23. The van der Waals surface area contributed by atoms with E-state index in [-0.39, 0.29) is 10.7 Å². The van der Waals surface area contributed by atoms with E-state index < -0.39 is 0 Å². The summed E-state index contributed by atoms with van der Waals surface area (Å²) in [5.74, 6) is 1.92. The van der Waals surface area contributed by atoms with E-state index in [4.69, 9.17) is 0 Å². The first kappa shape index (κ1) is 11.5. The maximum Gasteiger partial charge on any atom is 0.241 e. The lowest BCUT2D eigenvalue weighted by Gasteiger charge is -2.21. The van der Waals surface area contributed by atoms with Crippen molar-refractivity contribution in [3.8, 4) is 0 Å². The van der Waals surface area contributed by atoms with Crippen LogP contribution in [0, 0.1) is 0 Å². The number of hydrogen-bond donors (Lipinski definition) is 2. The molecule has 0 spiro atoms. The van der Waals surface area contributed by atoms with Gasteiger partial charge < -0.3 is 5.32 Å². The highest BCUT2D eigenvalue weighted by atomic mass is 32.2. The van der Waals surface area contributed by atoms with Gasteiger partial charge in [-0.05, 0) is 31.9 Å². The molecule has 0 saturated carbocycles. The molecular weight excluding hydrogens is 222 g/mol. The van der Waals surface area contributed by atoms with E-state index in [0.29, 0.717) is 0 Å². The zero-order chi connectivity index (χ0) is 11.6. The smallest absolute Gasteiger partial charge is 0.241 e. The summed E-state index contributed by atoms with van der Waals surface area (Å²) in [5.41, 5.74) is 1.06. The second-order valence-corrected chi connectivity index (χ2v) is 5.86. The molecule has 2 N–H and O–H groups in total. The van der Waals surface area contributed by atoms with Gasteiger partial charge in [0, 0.05) is 5.56 Å². The maximum absolute atomic E-state index is 12.1. The number of thioether (sulfide) groups is 1. The predicted octanol–water partition coefficient (Wildman–Crippen LogP) is 2.20. The van der Waals surface area contributed by atoms with Crippen molar-refractivity contribution in [3.05, 3.63) is 11.8 Å². The van der Waals surface area contributed by atoms with Gasteiger partial charge >= 0.3 is 0 Å². The number of rotatable bonds is 3. The van der Waals surface area contributed by atoms with Crippen LogP contribution in [0.1, 0.15) is 32.3 Å². The first-order valence-corrected chi connectivity index (χ1v) is 6.62. The number of H-pyrrole nitrogens is 1. The summed E-state index contributed by atoms with van der Waals surface area (Å²) in [6, 6.07) is 0. The van der Waals surface area contributed by atoms with Crippen LogP contribution in [0.15, 0.2) is 6.20 Å². The molecule has 88 valence electrons. The third-order valence-electron chi connectivity index (χ3n) is 3.04. The average Bonchev–Trinajstić information content (AvgIpc) is 2.87. The number of aromatic amines is 1. The SMILES string of the molecule is CCc1cn[nH]c1NC(=O)C1(C)CCCS1. The highest BCUT2D eigenvalue weighted by Crippen LogP contribution is 2.38. The van der Waals surface area contributed by atoms with Gasteiger partial charge in [0.2, 0.25) is 5.91 Å². The minimum atomic E-state index is -0.268. The van der Waals surface area contributed by atoms with Crippen molar-refractivity contribution in [2.45, 2.75) is 37.9 Å². The van der Waals surface area contributed by atoms with Crippen molar-refractivity contribution >= 4 is 23.5 Å². The molecule has 1 atom stereocenters. The number of amides is 1. The van der Waals surface area contributed by atoms with Crippen LogP contribution in [0.5, 0.6) is 0 Å². The van der Waals surface area contributed by atoms with E-state index in [0.717, 1.165) is 36.4 Å². The Morgan fingerprint density at radius 1 is 1.75 bits per heavy atom. The Labute approximate surface area is 99.6 Å². The van der Waals surface area contributed by atoms with Gasteiger partial charge in [-0.25, -0.2) is 0 Å². The van der Waals surface area contributed by atoms with E-state index in [2.05, 4.69) is 15.5 Å². The van der Waals surface area contributed by atoms with Crippen molar-refractivity contribution in [1.82, 2.24) is 10.2 Å². The molecule has 0 radical (unpaired) electrons. The first-order chi connectivity index (χ1) is 7.65. The van der Waals surface area contributed by atoms with Gasteiger partial charge in [-0.15, -0.1) is 11.8 Å². The van der Waals surface area contributed by atoms with Crippen LogP contribution in [-0.2, 0) is 11.2 Å².